The van der Waals surface area contributed by atoms with E-state index in [4.69, 9.17) is 0 Å². The van der Waals surface area contributed by atoms with Crippen LogP contribution in [0.5, 0.6) is 0 Å². The summed E-state index contributed by atoms with van der Waals surface area (Å²) in [6, 6.07) is 9.62. The molecule has 0 saturated carbocycles. The van der Waals surface area contributed by atoms with E-state index in [2.05, 4.69) is 43.4 Å². The van der Waals surface area contributed by atoms with Gasteiger partial charge in [0, 0.05) is 18.3 Å². The molecule has 0 bridgehead atoms. The van der Waals surface area contributed by atoms with E-state index in [1.54, 1.807) is 11.1 Å². The van der Waals surface area contributed by atoms with E-state index in [0.717, 1.165) is 12.5 Å². The molecule has 100 valence electrons. The second kappa shape index (κ2) is 7.20. The summed E-state index contributed by atoms with van der Waals surface area (Å²) in [6.07, 6.45) is 3.97. The molecule has 2 rings (SSSR count). The van der Waals surface area contributed by atoms with E-state index >= 15 is 0 Å². The van der Waals surface area contributed by atoms with Crippen molar-refractivity contribution in [2.24, 2.45) is 0 Å². The maximum absolute atomic E-state index is 3.71. The van der Waals surface area contributed by atoms with E-state index in [1.165, 1.54) is 30.8 Å². The molecule has 2 heteroatoms. The molecule has 1 aliphatic rings. The Kier molecular flexibility index (Phi) is 5.58. The first-order valence-corrected chi connectivity index (χ1v) is 8.35. The zero-order chi connectivity index (χ0) is 12.8. The summed E-state index contributed by atoms with van der Waals surface area (Å²) in [5, 5.41) is 3.71. The summed E-state index contributed by atoms with van der Waals surface area (Å²) in [5.74, 6) is 3.17. The first-order chi connectivity index (χ1) is 8.81. The van der Waals surface area contributed by atoms with Crippen molar-refractivity contribution in [1.29, 1.82) is 0 Å². The number of fused-ring (bicyclic) bond motifs is 1. The lowest BCUT2D eigenvalue weighted by molar-refractivity contribution is 0.482. The lowest BCUT2D eigenvalue weighted by atomic mass is 9.83. The lowest BCUT2D eigenvalue weighted by Crippen LogP contribution is -2.33. The molecule has 1 aliphatic carbocycles. The molecule has 0 heterocycles. The Morgan fingerprint density at radius 2 is 2.22 bits per heavy atom. The van der Waals surface area contributed by atoms with Crippen LogP contribution in [0.4, 0.5) is 0 Å². The highest BCUT2D eigenvalue weighted by atomic mass is 32.2. The summed E-state index contributed by atoms with van der Waals surface area (Å²) >= 11 is 2.03. The summed E-state index contributed by atoms with van der Waals surface area (Å²) in [6.45, 7) is 5.68. The van der Waals surface area contributed by atoms with E-state index in [0.29, 0.717) is 6.04 Å². The summed E-state index contributed by atoms with van der Waals surface area (Å²) in [5.41, 5.74) is 3.16. The van der Waals surface area contributed by atoms with Gasteiger partial charge >= 0.3 is 0 Å². The van der Waals surface area contributed by atoms with E-state index in [9.17, 15) is 0 Å². The molecular formula is C16H25NS. The molecule has 1 aromatic carbocycles. The lowest BCUT2D eigenvalue weighted by Gasteiger charge is -2.27. The van der Waals surface area contributed by atoms with Crippen LogP contribution in [0.2, 0.25) is 0 Å². The fourth-order valence-electron chi connectivity index (χ4n) is 2.76. The Morgan fingerprint density at radius 1 is 1.39 bits per heavy atom. The van der Waals surface area contributed by atoms with Gasteiger partial charge in [-0.3, -0.25) is 0 Å². The predicted octanol–water partition coefficient (Wildman–Crippen LogP) is 3.84. The van der Waals surface area contributed by atoms with Gasteiger partial charge < -0.3 is 5.32 Å². The third-order valence-corrected chi connectivity index (χ3v) is 4.92. The minimum absolute atomic E-state index is 0.629. The molecule has 2 unspecified atom stereocenters. The summed E-state index contributed by atoms with van der Waals surface area (Å²) in [7, 11) is 0. The molecule has 0 saturated heterocycles. The highest BCUT2D eigenvalue weighted by molar-refractivity contribution is 7.99. The van der Waals surface area contributed by atoms with Crippen molar-refractivity contribution in [3.8, 4) is 0 Å². The molecule has 1 nitrogen and oxygen atoms in total. The van der Waals surface area contributed by atoms with Crippen LogP contribution in [-0.4, -0.2) is 24.1 Å². The van der Waals surface area contributed by atoms with Crippen LogP contribution in [0.25, 0.3) is 0 Å². The number of rotatable bonds is 6. The van der Waals surface area contributed by atoms with E-state index < -0.39 is 0 Å². The largest absolute Gasteiger partial charge is 0.313 e. The standard InChI is InChI=1S/C16H25NS/c1-3-18-12-13(2)17-11-15-9-6-8-14-7-4-5-10-16(14)15/h4-5,7,10,13,15,17H,3,6,8-9,11-12H2,1-2H3. The van der Waals surface area contributed by atoms with Gasteiger partial charge in [-0.2, -0.15) is 11.8 Å². The quantitative estimate of drug-likeness (QED) is 0.837. The fraction of sp³-hybridized carbons (Fsp3) is 0.625. The van der Waals surface area contributed by atoms with Crippen LogP contribution >= 0.6 is 11.8 Å². The molecule has 0 aromatic heterocycles. The third-order valence-electron chi connectivity index (χ3n) is 3.78. The van der Waals surface area contributed by atoms with Crippen molar-refractivity contribution in [1.82, 2.24) is 5.32 Å². The zero-order valence-electron chi connectivity index (χ0n) is 11.6. The number of benzene rings is 1. The molecule has 0 radical (unpaired) electrons. The molecule has 0 fully saturated rings. The van der Waals surface area contributed by atoms with Gasteiger partial charge in [-0.05, 0) is 49.0 Å². The number of hydrogen-bond acceptors (Lipinski definition) is 2. The van der Waals surface area contributed by atoms with Gasteiger partial charge in [0.1, 0.15) is 0 Å². The second-order valence-corrected chi connectivity index (χ2v) is 6.58. The average Bonchev–Trinajstić information content (AvgIpc) is 2.42. The van der Waals surface area contributed by atoms with Crippen LogP contribution in [0.15, 0.2) is 24.3 Å². The Balaban J connectivity index is 1.87. The highest BCUT2D eigenvalue weighted by Crippen LogP contribution is 2.30. The van der Waals surface area contributed by atoms with Crippen molar-refractivity contribution < 1.29 is 0 Å². The Bertz CT molecular complexity index is 364. The van der Waals surface area contributed by atoms with Crippen molar-refractivity contribution in [2.45, 2.75) is 45.1 Å². The van der Waals surface area contributed by atoms with Crippen LogP contribution < -0.4 is 5.32 Å². The number of hydrogen-bond donors (Lipinski definition) is 1. The Labute approximate surface area is 116 Å². The summed E-state index contributed by atoms with van der Waals surface area (Å²) in [4.78, 5) is 0. The molecule has 0 spiro atoms. The predicted molar refractivity (Wildman–Crippen MR) is 82.6 cm³/mol. The first-order valence-electron chi connectivity index (χ1n) is 7.20. The monoisotopic (exact) mass is 263 g/mol. The average molecular weight is 263 g/mol. The zero-order valence-corrected chi connectivity index (χ0v) is 12.4. The van der Waals surface area contributed by atoms with Gasteiger partial charge in [-0.25, -0.2) is 0 Å². The van der Waals surface area contributed by atoms with Gasteiger partial charge in [0.2, 0.25) is 0 Å². The minimum atomic E-state index is 0.629. The molecule has 2 atom stereocenters. The molecule has 18 heavy (non-hydrogen) atoms. The van der Waals surface area contributed by atoms with Gasteiger partial charge in [0.15, 0.2) is 0 Å². The molecule has 1 N–H and O–H groups in total. The van der Waals surface area contributed by atoms with Gasteiger partial charge in [-0.1, -0.05) is 31.2 Å². The maximum Gasteiger partial charge on any atom is 0.0130 e. The number of thioether (sulfide) groups is 1. The minimum Gasteiger partial charge on any atom is -0.313 e. The van der Waals surface area contributed by atoms with Crippen LogP contribution in [0.3, 0.4) is 0 Å². The van der Waals surface area contributed by atoms with Crippen molar-refractivity contribution in [3.05, 3.63) is 35.4 Å². The normalized spacial score (nSPS) is 20.4. The third kappa shape index (κ3) is 3.76. The van der Waals surface area contributed by atoms with E-state index in [-0.39, 0.29) is 0 Å². The molecule has 1 aromatic rings. The molecule has 0 amide bonds. The Hall–Kier alpha value is -0.470. The van der Waals surface area contributed by atoms with E-state index in [1.807, 2.05) is 11.8 Å². The SMILES string of the molecule is CCSCC(C)NCC1CCCc2ccccc21. The van der Waals surface area contributed by atoms with Crippen LogP contribution in [-0.2, 0) is 6.42 Å². The van der Waals surface area contributed by atoms with Crippen LogP contribution in [0, 0.1) is 0 Å². The summed E-state index contributed by atoms with van der Waals surface area (Å²) < 4.78 is 0. The number of nitrogens with one attached hydrogen (secondary N) is 1. The number of aryl methyl sites for hydroxylation is 1. The van der Waals surface area contributed by atoms with Gasteiger partial charge in [-0.15, -0.1) is 0 Å². The highest BCUT2D eigenvalue weighted by Gasteiger charge is 2.19. The van der Waals surface area contributed by atoms with Crippen LogP contribution in [0.1, 0.15) is 43.7 Å². The Morgan fingerprint density at radius 3 is 3.06 bits per heavy atom. The first kappa shape index (κ1) is 14.0. The topological polar surface area (TPSA) is 12.0 Å². The smallest absolute Gasteiger partial charge is 0.0130 e. The molecular weight excluding hydrogens is 238 g/mol. The van der Waals surface area contributed by atoms with Crippen molar-refractivity contribution in [3.63, 3.8) is 0 Å². The van der Waals surface area contributed by atoms with Crippen molar-refractivity contribution >= 4 is 11.8 Å². The van der Waals surface area contributed by atoms with Crippen molar-refractivity contribution in [2.75, 3.05) is 18.1 Å². The van der Waals surface area contributed by atoms with Gasteiger partial charge in [0.25, 0.3) is 0 Å². The van der Waals surface area contributed by atoms with Gasteiger partial charge in [0.05, 0.1) is 0 Å². The maximum atomic E-state index is 3.71. The fourth-order valence-corrected chi connectivity index (χ4v) is 3.47. The molecule has 0 aliphatic heterocycles. The second-order valence-electron chi connectivity index (χ2n) is 5.26.